The molecular formula is C10H15N3OS. The number of amides is 1. The molecule has 1 N–H and O–H groups in total. The van der Waals surface area contributed by atoms with Gasteiger partial charge in [0.2, 0.25) is 5.91 Å². The minimum absolute atomic E-state index is 0.0644. The first-order chi connectivity index (χ1) is 7.13. The second-order valence-electron chi connectivity index (χ2n) is 4.29. The highest BCUT2D eigenvalue weighted by atomic mass is 32.1. The zero-order valence-electron chi connectivity index (χ0n) is 8.73. The highest BCUT2D eigenvalue weighted by Gasteiger charge is 2.42. The fourth-order valence-corrected chi connectivity index (χ4v) is 2.03. The van der Waals surface area contributed by atoms with E-state index in [1.807, 2.05) is 7.05 Å². The van der Waals surface area contributed by atoms with Crippen molar-refractivity contribution in [1.82, 2.24) is 9.78 Å². The molecule has 15 heavy (non-hydrogen) atoms. The van der Waals surface area contributed by atoms with Gasteiger partial charge in [-0.1, -0.05) is 0 Å². The van der Waals surface area contributed by atoms with E-state index in [-0.39, 0.29) is 11.3 Å². The van der Waals surface area contributed by atoms with Gasteiger partial charge in [-0.15, -0.1) is 0 Å². The molecule has 1 amide bonds. The van der Waals surface area contributed by atoms with E-state index in [1.165, 1.54) is 0 Å². The van der Waals surface area contributed by atoms with Crippen LogP contribution >= 0.6 is 12.6 Å². The standard InChI is InChI=1S/C10H15N3OS/c1-13-6-8(5-11-13)12-9(14)4-10(7-15)2-3-10/h5-6,15H,2-4,7H2,1H3,(H,12,14). The van der Waals surface area contributed by atoms with E-state index in [2.05, 4.69) is 23.0 Å². The number of anilines is 1. The number of rotatable bonds is 4. The van der Waals surface area contributed by atoms with Crippen molar-refractivity contribution < 1.29 is 4.79 Å². The molecule has 1 aliphatic rings. The number of aromatic nitrogens is 2. The van der Waals surface area contributed by atoms with Gasteiger partial charge in [-0.05, 0) is 24.0 Å². The summed E-state index contributed by atoms with van der Waals surface area (Å²) in [7, 11) is 1.83. The molecule has 0 saturated heterocycles. The molecule has 5 heteroatoms. The summed E-state index contributed by atoms with van der Waals surface area (Å²) in [6, 6.07) is 0. The van der Waals surface area contributed by atoms with Crippen LogP contribution in [0.15, 0.2) is 12.4 Å². The zero-order chi connectivity index (χ0) is 10.9. The van der Waals surface area contributed by atoms with Gasteiger partial charge in [0.1, 0.15) is 0 Å². The average molecular weight is 225 g/mol. The fourth-order valence-electron chi connectivity index (χ4n) is 1.60. The Kier molecular flexibility index (Phi) is 2.73. The smallest absolute Gasteiger partial charge is 0.225 e. The molecule has 1 aromatic heterocycles. The van der Waals surface area contributed by atoms with Gasteiger partial charge >= 0.3 is 0 Å². The molecule has 4 nitrogen and oxygen atoms in total. The molecule has 82 valence electrons. The van der Waals surface area contributed by atoms with Crippen LogP contribution in [0.5, 0.6) is 0 Å². The van der Waals surface area contributed by atoms with Gasteiger partial charge in [-0.2, -0.15) is 17.7 Å². The third-order valence-corrected chi connectivity index (χ3v) is 3.49. The molecule has 1 aliphatic carbocycles. The van der Waals surface area contributed by atoms with E-state index < -0.39 is 0 Å². The van der Waals surface area contributed by atoms with Crippen molar-refractivity contribution in [1.29, 1.82) is 0 Å². The van der Waals surface area contributed by atoms with Crippen LogP contribution in [0.1, 0.15) is 19.3 Å². The second kappa shape index (κ2) is 3.89. The Morgan fingerprint density at radius 1 is 1.73 bits per heavy atom. The van der Waals surface area contributed by atoms with E-state index in [0.29, 0.717) is 6.42 Å². The Morgan fingerprint density at radius 3 is 2.93 bits per heavy atom. The van der Waals surface area contributed by atoms with Gasteiger partial charge in [0, 0.05) is 19.7 Å². The van der Waals surface area contributed by atoms with Crippen molar-refractivity contribution in [2.45, 2.75) is 19.3 Å². The summed E-state index contributed by atoms with van der Waals surface area (Å²) < 4.78 is 1.67. The third-order valence-electron chi connectivity index (χ3n) is 2.82. The quantitative estimate of drug-likeness (QED) is 0.762. The summed E-state index contributed by atoms with van der Waals surface area (Å²) in [6.07, 6.45) is 6.26. The highest BCUT2D eigenvalue weighted by Crippen LogP contribution is 2.49. The Balaban J connectivity index is 1.87. The van der Waals surface area contributed by atoms with Gasteiger partial charge in [0.25, 0.3) is 0 Å². The molecule has 0 aliphatic heterocycles. The van der Waals surface area contributed by atoms with E-state index in [1.54, 1.807) is 17.1 Å². The monoisotopic (exact) mass is 225 g/mol. The first-order valence-electron chi connectivity index (χ1n) is 5.03. The van der Waals surface area contributed by atoms with Crippen LogP contribution < -0.4 is 5.32 Å². The molecule has 1 fully saturated rings. The number of nitrogens with one attached hydrogen (secondary N) is 1. The predicted molar refractivity (Wildman–Crippen MR) is 62.0 cm³/mol. The van der Waals surface area contributed by atoms with Crippen molar-refractivity contribution in [2.75, 3.05) is 11.1 Å². The summed E-state index contributed by atoms with van der Waals surface area (Å²) in [4.78, 5) is 11.7. The van der Waals surface area contributed by atoms with E-state index in [4.69, 9.17) is 0 Å². The highest BCUT2D eigenvalue weighted by molar-refractivity contribution is 7.80. The minimum Gasteiger partial charge on any atom is -0.323 e. The molecular weight excluding hydrogens is 210 g/mol. The summed E-state index contributed by atoms with van der Waals surface area (Å²) >= 11 is 4.27. The third kappa shape index (κ3) is 2.53. The van der Waals surface area contributed by atoms with Gasteiger partial charge in [0.15, 0.2) is 0 Å². The van der Waals surface area contributed by atoms with Crippen molar-refractivity contribution in [2.24, 2.45) is 12.5 Å². The lowest BCUT2D eigenvalue weighted by molar-refractivity contribution is -0.117. The lowest BCUT2D eigenvalue weighted by Gasteiger charge is -2.10. The molecule has 2 rings (SSSR count). The molecule has 1 aromatic rings. The van der Waals surface area contributed by atoms with E-state index in [9.17, 15) is 4.79 Å². The summed E-state index contributed by atoms with van der Waals surface area (Å²) in [6.45, 7) is 0. The van der Waals surface area contributed by atoms with Gasteiger partial charge in [-0.25, -0.2) is 0 Å². The van der Waals surface area contributed by atoms with Crippen LogP contribution in [0.4, 0.5) is 5.69 Å². The number of carbonyl (C=O) groups is 1. The Hall–Kier alpha value is -0.970. The number of hydrogen-bond donors (Lipinski definition) is 2. The van der Waals surface area contributed by atoms with E-state index >= 15 is 0 Å². The summed E-state index contributed by atoms with van der Waals surface area (Å²) in [5.41, 5.74) is 0.938. The second-order valence-corrected chi connectivity index (χ2v) is 4.60. The van der Waals surface area contributed by atoms with Crippen LogP contribution in [-0.4, -0.2) is 21.4 Å². The van der Waals surface area contributed by atoms with Crippen LogP contribution in [0, 0.1) is 5.41 Å². The molecule has 1 heterocycles. The predicted octanol–water partition coefficient (Wildman–Crippen LogP) is 1.46. The normalized spacial score (nSPS) is 17.5. The molecule has 0 spiro atoms. The number of aryl methyl sites for hydroxylation is 1. The number of hydrogen-bond acceptors (Lipinski definition) is 3. The van der Waals surface area contributed by atoms with Crippen molar-refractivity contribution in [3.63, 3.8) is 0 Å². The van der Waals surface area contributed by atoms with Crippen LogP contribution in [0.25, 0.3) is 0 Å². The zero-order valence-corrected chi connectivity index (χ0v) is 9.63. The van der Waals surface area contributed by atoms with Crippen molar-refractivity contribution >= 4 is 24.2 Å². The fraction of sp³-hybridized carbons (Fsp3) is 0.600. The van der Waals surface area contributed by atoms with Crippen molar-refractivity contribution in [3.8, 4) is 0 Å². The molecule has 0 aromatic carbocycles. The van der Waals surface area contributed by atoms with Crippen LogP contribution in [0.2, 0.25) is 0 Å². The van der Waals surface area contributed by atoms with Crippen LogP contribution in [0.3, 0.4) is 0 Å². The Labute approximate surface area is 94.5 Å². The maximum absolute atomic E-state index is 11.7. The van der Waals surface area contributed by atoms with Gasteiger partial charge < -0.3 is 5.32 Å². The molecule has 0 radical (unpaired) electrons. The maximum Gasteiger partial charge on any atom is 0.225 e. The molecule has 0 atom stereocenters. The topological polar surface area (TPSA) is 46.9 Å². The van der Waals surface area contributed by atoms with Gasteiger partial charge in [-0.3, -0.25) is 9.48 Å². The lowest BCUT2D eigenvalue weighted by Crippen LogP contribution is -2.18. The lowest BCUT2D eigenvalue weighted by atomic mass is 10.1. The maximum atomic E-state index is 11.7. The SMILES string of the molecule is Cn1cc(NC(=O)CC2(CS)CC2)cn1. The molecule has 1 saturated carbocycles. The first-order valence-corrected chi connectivity index (χ1v) is 5.66. The number of carbonyl (C=O) groups excluding carboxylic acids is 1. The minimum atomic E-state index is 0.0644. The van der Waals surface area contributed by atoms with Crippen LogP contribution in [-0.2, 0) is 11.8 Å². The largest absolute Gasteiger partial charge is 0.323 e. The Bertz CT molecular complexity index is 370. The average Bonchev–Trinajstić information content (AvgIpc) is 2.84. The van der Waals surface area contributed by atoms with Crippen molar-refractivity contribution in [3.05, 3.63) is 12.4 Å². The summed E-state index contributed by atoms with van der Waals surface area (Å²) in [5.74, 6) is 0.863. The molecule has 0 bridgehead atoms. The number of nitrogens with zero attached hydrogens (tertiary/aromatic N) is 2. The summed E-state index contributed by atoms with van der Waals surface area (Å²) in [5, 5.41) is 6.83. The molecule has 0 unspecified atom stereocenters. The number of thiol groups is 1. The Morgan fingerprint density at radius 2 is 2.47 bits per heavy atom. The van der Waals surface area contributed by atoms with E-state index in [0.717, 1.165) is 24.3 Å². The first kappa shape index (κ1) is 10.5. The van der Waals surface area contributed by atoms with Gasteiger partial charge in [0.05, 0.1) is 11.9 Å².